The molecule has 1 aliphatic carbocycles. The van der Waals surface area contributed by atoms with E-state index in [0.717, 1.165) is 11.4 Å². The molecule has 2 heterocycles. The summed E-state index contributed by atoms with van der Waals surface area (Å²) in [6.45, 7) is 11.1. The van der Waals surface area contributed by atoms with Crippen molar-refractivity contribution in [2.24, 2.45) is 0 Å². The van der Waals surface area contributed by atoms with E-state index in [2.05, 4.69) is 243 Å². The predicted octanol–water partition coefficient (Wildman–Crippen LogP) is 11.9. The first-order chi connectivity index (χ1) is 29.9. The maximum Gasteiger partial charge on any atom is 0.179 e. The Morgan fingerprint density at radius 1 is 0.459 bits per heavy atom. The highest BCUT2D eigenvalue weighted by atomic mass is 28.3. The first-order valence-corrected chi connectivity index (χ1v) is 23.3. The van der Waals surface area contributed by atoms with Gasteiger partial charge in [0.25, 0.3) is 0 Å². The van der Waals surface area contributed by atoms with E-state index < -0.39 is 8.07 Å². The molecular formula is C58H46N2Si. The van der Waals surface area contributed by atoms with Crippen molar-refractivity contribution >= 4 is 67.6 Å². The van der Waals surface area contributed by atoms with Crippen LogP contribution in [0.2, 0.25) is 0 Å². The molecule has 61 heavy (non-hydrogen) atoms. The molecule has 2 nitrogen and oxygen atoms in total. The monoisotopic (exact) mass is 798 g/mol. The van der Waals surface area contributed by atoms with Crippen molar-refractivity contribution in [3.05, 3.63) is 235 Å². The van der Waals surface area contributed by atoms with E-state index in [-0.39, 0.29) is 5.41 Å². The molecule has 0 atom stereocenters. The molecule has 10 aromatic rings. The van der Waals surface area contributed by atoms with Crippen LogP contribution in [0.15, 0.2) is 213 Å². The molecule has 0 N–H and O–H groups in total. The summed E-state index contributed by atoms with van der Waals surface area (Å²) in [4.78, 5) is 0. The van der Waals surface area contributed by atoms with Crippen LogP contribution in [0.25, 0.3) is 61.3 Å². The first kappa shape index (κ1) is 36.8. The summed E-state index contributed by atoms with van der Waals surface area (Å²) in [5, 5.41) is 9.18. The fourth-order valence-corrected chi connectivity index (χ4v) is 15.4. The lowest BCUT2D eigenvalue weighted by molar-refractivity contribution is 0.661. The van der Waals surface area contributed by atoms with Gasteiger partial charge in [-0.15, -0.1) is 0 Å². The summed E-state index contributed by atoms with van der Waals surface area (Å²) in [6, 6.07) is 72.8. The Labute approximate surface area is 359 Å². The highest BCUT2D eigenvalue weighted by molar-refractivity contribution is 7.19. The number of aromatic nitrogens is 2. The van der Waals surface area contributed by atoms with E-state index in [9.17, 15) is 0 Å². The van der Waals surface area contributed by atoms with Gasteiger partial charge < -0.3 is 9.13 Å². The summed E-state index contributed by atoms with van der Waals surface area (Å²) >= 11 is 0. The van der Waals surface area contributed by atoms with Gasteiger partial charge >= 0.3 is 0 Å². The van der Waals surface area contributed by atoms with Gasteiger partial charge in [0.1, 0.15) is 0 Å². The number of aryl methyl sites for hydroxylation is 1. The average molecular weight is 799 g/mol. The molecule has 0 amide bonds. The van der Waals surface area contributed by atoms with Crippen LogP contribution in [-0.2, 0) is 5.41 Å². The summed E-state index contributed by atoms with van der Waals surface area (Å²) in [6.07, 6.45) is 6.18. The number of benzene rings is 8. The molecule has 0 radical (unpaired) electrons. The summed E-state index contributed by atoms with van der Waals surface area (Å²) in [7, 11) is -2.92. The van der Waals surface area contributed by atoms with Gasteiger partial charge in [0.05, 0.1) is 16.6 Å². The third-order valence-electron chi connectivity index (χ3n) is 13.4. The average Bonchev–Trinajstić information content (AvgIpc) is 3.88. The summed E-state index contributed by atoms with van der Waals surface area (Å²) in [5.74, 6) is 0. The minimum atomic E-state index is -2.92. The van der Waals surface area contributed by atoms with E-state index in [1.54, 1.807) is 0 Å². The smallest absolute Gasteiger partial charge is 0.179 e. The Kier molecular flexibility index (Phi) is 8.59. The molecule has 8 aromatic carbocycles. The fraction of sp³-hybridized carbons (Fsp3) is 0.0690. The zero-order chi connectivity index (χ0) is 41.3. The Hall–Kier alpha value is -7.20. The molecule has 2 aromatic heterocycles. The number of nitrogens with zero attached hydrogens (tertiary/aromatic N) is 2. The van der Waals surface area contributed by atoms with Gasteiger partial charge in [0, 0.05) is 38.6 Å². The SMILES string of the molecule is C=C/C=C\c1c(C)c2cc3c(cc2n1-c1cccc([Si](c2ccccc2)(c2ccccc2)c2ccc(-n4c5ccccc5c5ccccc54)cc2)c1)-c1ccccc1C3(C)C. The number of hydrogen-bond acceptors (Lipinski definition) is 0. The van der Waals surface area contributed by atoms with Crippen LogP contribution in [-0.4, -0.2) is 17.2 Å². The van der Waals surface area contributed by atoms with Gasteiger partial charge in [-0.25, -0.2) is 0 Å². The molecule has 3 heteroatoms. The van der Waals surface area contributed by atoms with Crippen molar-refractivity contribution in [2.45, 2.75) is 26.2 Å². The fourth-order valence-electron chi connectivity index (χ4n) is 10.6. The first-order valence-electron chi connectivity index (χ1n) is 21.3. The van der Waals surface area contributed by atoms with Crippen molar-refractivity contribution in [1.29, 1.82) is 0 Å². The van der Waals surface area contributed by atoms with Gasteiger partial charge in [-0.1, -0.05) is 178 Å². The molecule has 0 saturated carbocycles. The van der Waals surface area contributed by atoms with Crippen LogP contribution >= 0.6 is 0 Å². The summed E-state index contributed by atoms with van der Waals surface area (Å²) in [5.41, 5.74) is 13.7. The van der Waals surface area contributed by atoms with E-state index >= 15 is 0 Å². The van der Waals surface area contributed by atoms with Crippen molar-refractivity contribution in [3.63, 3.8) is 0 Å². The molecule has 0 bridgehead atoms. The molecule has 1 aliphatic rings. The number of para-hydroxylation sites is 2. The lowest BCUT2D eigenvalue weighted by atomic mass is 9.82. The number of rotatable bonds is 8. The Morgan fingerprint density at radius 2 is 1.03 bits per heavy atom. The summed E-state index contributed by atoms with van der Waals surface area (Å²) < 4.78 is 4.90. The normalized spacial score (nSPS) is 13.3. The third-order valence-corrected chi connectivity index (χ3v) is 18.2. The van der Waals surface area contributed by atoms with E-state index in [1.807, 2.05) is 6.08 Å². The van der Waals surface area contributed by atoms with Gasteiger partial charge in [-0.05, 0) is 110 Å². The number of allylic oxidation sites excluding steroid dienone is 2. The van der Waals surface area contributed by atoms with Crippen LogP contribution in [0.4, 0.5) is 0 Å². The van der Waals surface area contributed by atoms with E-state index in [1.165, 1.54) is 87.0 Å². The van der Waals surface area contributed by atoms with Crippen molar-refractivity contribution in [1.82, 2.24) is 9.13 Å². The van der Waals surface area contributed by atoms with Gasteiger partial charge in [0.15, 0.2) is 8.07 Å². The minimum absolute atomic E-state index is 0.0840. The highest BCUT2D eigenvalue weighted by Gasteiger charge is 2.42. The molecule has 0 fully saturated rings. The molecular weight excluding hydrogens is 753 g/mol. The highest BCUT2D eigenvalue weighted by Crippen LogP contribution is 2.50. The molecule has 0 unspecified atom stereocenters. The van der Waals surface area contributed by atoms with Gasteiger partial charge in [-0.3, -0.25) is 0 Å². The Balaban J connectivity index is 1.16. The zero-order valence-electron chi connectivity index (χ0n) is 34.8. The number of fused-ring (bicyclic) bond motifs is 7. The Morgan fingerprint density at radius 3 is 1.69 bits per heavy atom. The molecule has 0 spiro atoms. The lowest BCUT2D eigenvalue weighted by Gasteiger charge is -2.35. The lowest BCUT2D eigenvalue weighted by Crippen LogP contribution is -2.74. The van der Waals surface area contributed by atoms with Crippen LogP contribution in [0.1, 0.15) is 36.2 Å². The second kappa shape index (κ2) is 14.2. The van der Waals surface area contributed by atoms with Crippen LogP contribution in [0.3, 0.4) is 0 Å². The standard InChI is InChI=1S/C58H46N2Si/c1-5-6-30-54-40(2)50-38-53-51(47-26-13-16-29-52(47)58(53,3)4)39-57(50)60(54)42-20-19-25-46(37-42)61(43-21-9-7-10-22-43,44-23-11-8-12-24-44)45-35-33-41(34-36-45)59-55-31-17-14-27-48(55)49-28-15-18-32-56(49)59/h5-39H,1H2,2-4H3/b30-6-. The van der Waals surface area contributed by atoms with E-state index in [4.69, 9.17) is 0 Å². The quantitative estimate of drug-likeness (QED) is 0.0823. The van der Waals surface area contributed by atoms with Crippen LogP contribution in [0.5, 0.6) is 0 Å². The second-order valence-corrected chi connectivity index (χ2v) is 20.8. The molecule has 292 valence electrons. The largest absolute Gasteiger partial charge is 0.310 e. The molecule has 0 aliphatic heterocycles. The van der Waals surface area contributed by atoms with E-state index in [0.29, 0.717) is 0 Å². The van der Waals surface area contributed by atoms with Gasteiger partial charge in [-0.2, -0.15) is 0 Å². The van der Waals surface area contributed by atoms with Crippen molar-refractivity contribution in [2.75, 3.05) is 0 Å². The zero-order valence-corrected chi connectivity index (χ0v) is 35.8. The molecule has 11 rings (SSSR count). The third kappa shape index (κ3) is 5.47. The van der Waals surface area contributed by atoms with Crippen LogP contribution in [0, 0.1) is 6.92 Å². The number of hydrogen-bond donors (Lipinski definition) is 0. The maximum absolute atomic E-state index is 4.06. The second-order valence-electron chi connectivity index (χ2n) is 17.0. The van der Waals surface area contributed by atoms with Crippen molar-refractivity contribution < 1.29 is 0 Å². The van der Waals surface area contributed by atoms with Gasteiger partial charge in [0.2, 0.25) is 0 Å². The Bertz CT molecular complexity index is 3250. The van der Waals surface area contributed by atoms with Crippen LogP contribution < -0.4 is 20.7 Å². The minimum Gasteiger partial charge on any atom is -0.310 e. The predicted molar refractivity (Wildman–Crippen MR) is 263 cm³/mol. The van der Waals surface area contributed by atoms with Crippen molar-refractivity contribution in [3.8, 4) is 22.5 Å². The molecule has 0 saturated heterocycles. The maximum atomic E-state index is 4.06. The topological polar surface area (TPSA) is 9.86 Å².